The monoisotopic (exact) mass is 235 g/mol. The van der Waals surface area contributed by atoms with Crippen LogP contribution in [0.5, 0.6) is 0 Å². The largest absolute Gasteiger partial charge is 0.369 e. The molecule has 2 heteroatoms. The van der Waals surface area contributed by atoms with Crippen LogP contribution in [0.1, 0.15) is 37.3 Å². The Morgan fingerprint density at radius 1 is 1.24 bits per heavy atom. The molecule has 96 valence electrons. The third-order valence-corrected chi connectivity index (χ3v) is 3.29. The summed E-state index contributed by atoms with van der Waals surface area (Å²) in [7, 11) is 3.81. The lowest BCUT2D eigenvalue weighted by Gasteiger charge is -2.15. The van der Waals surface area contributed by atoms with Crippen molar-refractivity contribution in [3.63, 3.8) is 0 Å². The average molecular weight is 235 g/mol. The van der Waals surface area contributed by atoms with Crippen molar-refractivity contribution in [1.29, 1.82) is 0 Å². The first-order valence-corrected chi connectivity index (χ1v) is 6.43. The first-order valence-electron chi connectivity index (χ1n) is 6.43. The van der Waals surface area contributed by atoms with Crippen LogP contribution in [0, 0.1) is 0 Å². The fourth-order valence-corrected chi connectivity index (χ4v) is 1.85. The Kier molecular flexibility index (Phi) is 6.23. The molecule has 1 unspecified atom stereocenters. The van der Waals surface area contributed by atoms with Crippen LogP contribution in [-0.4, -0.2) is 32.3 Å². The molecule has 0 amide bonds. The van der Waals surface area contributed by atoms with Crippen LogP contribution in [0.15, 0.2) is 24.3 Å². The molecule has 0 radical (unpaired) electrons. The van der Waals surface area contributed by atoms with Crippen LogP contribution in [0.3, 0.4) is 0 Å². The van der Waals surface area contributed by atoms with Gasteiger partial charge in [0.05, 0.1) is 6.73 Å². The molecule has 17 heavy (non-hydrogen) atoms. The zero-order chi connectivity index (χ0) is 12.7. The summed E-state index contributed by atoms with van der Waals surface area (Å²) in [5, 5.41) is 0. The second-order valence-corrected chi connectivity index (χ2v) is 4.80. The SMILES string of the molecule is CCC(C)c1ccc(CCN(C)COC)cc1. The first-order chi connectivity index (χ1) is 8.17. The highest BCUT2D eigenvalue weighted by Crippen LogP contribution is 2.18. The molecule has 0 fully saturated rings. The second kappa shape index (κ2) is 7.46. The topological polar surface area (TPSA) is 12.5 Å². The highest BCUT2D eigenvalue weighted by molar-refractivity contribution is 5.25. The van der Waals surface area contributed by atoms with Crippen molar-refractivity contribution in [2.45, 2.75) is 32.6 Å². The third-order valence-electron chi connectivity index (χ3n) is 3.29. The smallest absolute Gasteiger partial charge is 0.0984 e. The summed E-state index contributed by atoms with van der Waals surface area (Å²) in [6.45, 7) is 6.25. The Morgan fingerprint density at radius 3 is 2.41 bits per heavy atom. The van der Waals surface area contributed by atoms with E-state index in [-0.39, 0.29) is 0 Å². The van der Waals surface area contributed by atoms with Crippen molar-refractivity contribution in [3.05, 3.63) is 35.4 Å². The summed E-state index contributed by atoms with van der Waals surface area (Å²) in [4.78, 5) is 2.18. The second-order valence-electron chi connectivity index (χ2n) is 4.80. The van der Waals surface area contributed by atoms with E-state index < -0.39 is 0 Å². The molecule has 1 atom stereocenters. The predicted octanol–water partition coefficient (Wildman–Crippen LogP) is 3.28. The number of hydrogen-bond acceptors (Lipinski definition) is 2. The van der Waals surface area contributed by atoms with Gasteiger partial charge in [0.2, 0.25) is 0 Å². The van der Waals surface area contributed by atoms with Gasteiger partial charge in [-0.25, -0.2) is 0 Å². The van der Waals surface area contributed by atoms with E-state index in [1.165, 1.54) is 17.5 Å². The fourth-order valence-electron chi connectivity index (χ4n) is 1.85. The molecule has 0 aliphatic carbocycles. The van der Waals surface area contributed by atoms with Crippen molar-refractivity contribution < 1.29 is 4.74 Å². The molecule has 2 nitrogen and oxygen atoms in total. The molecule has 1 rings (SSSR count). The van der Waals surface area contributed by atoms with E-state index in [4.69, 9.17) is 4.74 Å². The van der Waals surface area contributed by atoms with Gasteiger partial charge >= 0.3 is 0 Å². The van der Waals surface area contributed by atoms with Crippen molar-refractivity contribution in [2.24, 2.45) is 0 Å². The highest BCUT2D eigenvalue weighted by atomic mass is 16.5. The minimum absolute atomic E-state index is 0.667. The highest BCUT2D eigenvalue weighted by Gasteiger charge is 2.03. The molecular formula is C15H25NO. The van der Waals surface area contributed by atoms with E-state index in [1.807, 2.05) is 0 Å². The van der Waals surface area contributed by atoms with Gasteiger partial charge in [-0.2, -0.15) is 0 Å². The minimum Gasteiger partial charge on any atom is -0.369 e. The summed E-state index contributed by atoms with van der Waals surface area (Å²) in [5.74, 6) is 0.667. The van der Waals surface area contributed by atoms with Crippen molar-refractivity contribution in [1.82, 2.24) is 4.90 Å². The van der Waals surface area contributed by atoms with Crippen LogP contribution < -0.4 is 0 Å². The first kappa shape index (κ1) is 14.2. The lowest BCUT2D eigenvalue weighted by Crippen LogP contribution is -2.23. The Hall–Kier alpha value is -0.860. The van der Waals surface area contributed by atoms with E-state index in [9.17, 15) is 0 Å². The Labute approximate surface area is 106 Å². The minimum atomic E-state index is 0.667. The summed E-state index contributed by atoms with van der Waals surface area (Å²) in [5.41, 5.74) is 2.85. The molecule has 0 saturated heterocycles. The molecule has 0 aliphatic heterocycles. The van der Waals surface area contributed by atoms with Gasteiger partial charge in [0.1, 0.15) is 0 Å². The van der Waals surface area contributed by atoms with Gasteiger partial charge < -0.3 is 4.74 Å². The number of likely N-dealkylation sites (N-methyl/N-ethyl adjacent to an activating group) is 1. The van der Waals surface area contributed by atoms with Gasteiger partial charge in [0.15, 0.2) is 0 Å². The van der Waals surface area contributed by atoms with E-state index in [1.54, 1.807) is 7.11 Å². The van der Waals surface area contributed by atoms with Crippen molar-refractivity contribution in [3.8, 4) is 0 Å². The number of methoxy groups -OCH3 is 1. The maximum Gasteiger partial charge on any atom is 0.0984 e. The molecule has 0 spiro atoms. The molecule has 0 aliphatic rings. The predicted molar refractivity (Wildman–Crippen MR) is 73.4 cm³/mol. The van der Waals surface area contributed by atoms with E-state index >= 15 is 0 Å². The third kappa shape index (κ3) is 4.88. The summed E-state index contributed by atoms with van der Waals surface area (Å²) in [6.07, 6.45) is 2.29. The van der Waals surface area contributed by atoms with Crippen LogP contribution in [0.2, 0.25) is 0 Å². The normalized spacial score (nSPS) is 13.0. The van der Waals surface area contributed by atoms with Gasteiger partial charge in [-0.15, -0.1) is 0 Å². The van der Waals surface area contributed by atoms with Crippen LogP contribution >= 0.6 is 0 Å². The lowest BCUT2D eigenvalue weighted by molar-refractivity contribution is 0.0827. The Bertz CT molecular complexity index is 307. The zero-order valence-electron chi connectivity index (χ0n) is 11.6. The maximum atomic E-state index is 5.08. The summed E-state index contributed by atoms with van der Waals surface area (Å²) >= 11 is 0. The van der Waals surface area contributed by atoms with E-state index in [2.05, 4.69) is 50.1 Å². The van der Waals surface area contributed by atoms with E-state index in [0.717, 1.165) is 13.0 Å². The van der Waals surface area contributed by atoms with Crippen molar-refractivity contribution in [2.75, 3.05) is 27.4 Å². The number of benzene rings is 1. The molecule has 0 aromatic heterocycles. The number of ether oxygens (including phenoxy) is 1. The quantitative estimate of drug-likeness (QED) is 0.672. The molecule has 1 aromatic carbocycles. The number of nitrogens with zero attached hydrogens (tertiary/aromatic N) is 1. The molecule has 1 aromatic rings. The van der Waals surface area contributed by atoms with Crippen LogP contribution in [0.4, 0.5) is 0 Å². The van der Waals surface area contributed by atoms with Gasteiger partial charge in [-0.1, -0.05) is 38.1 Å². The van der Waals surface area contributed by atoms with Crippen LogP contribution in [0.25, 0.3) is 0 Å². The molecule has 0 heterocycles. The van der Waals surface area contributed by atoms with E-state index in [0.29, 0.717) is 12.6 Å². The van der Waals surface area contributed by atoms with Gasteiger partial charge in [0.25, 0.3) is 0 Å². The molecule has 0 saturated carbocycles. The van der Waals surface area contributed by atoms with Crippen molar-refractivity contribution >= 4 is 0 Å². The lowest BCUT2D eigenvalue weighted by atomic mass is 9.97. The summed E-state index contributed by atoms with van der Waals surface area (Å²) < 4.78 is 5.08. The van der Waals surface area contributed by atoms with Crippen LogP contribution in [-0.2, 0) is 11.2 Å². The molecular weight excluding hydrogens is 210 g/mol. The van der Waals surface area contributed by atoms with Gasteiger partial charge in [0, 0.05) is 13.7 Å². The summed E-state index contributed by atoms with van der Waals surface area (Å²) in [6, 6.07) is 9.03. The van der Waals surface area contributed by atoms with Gasteiger partial charge in [-0.3, -0.25) is 4.90 Å². The fraction of sp³-hybridized carbons (Fsp3) is 0.600. The Morgan fingerprint density at radius 2 is 1.88 bits per heavy atom. The van der Waals surface area contributed by atoms with Gasteiger partial charge in [-0.05, 0) is 36.9 Å². The molecule has 0 N–H and O–H groups in total. The maximum absolute atomic E-state index is 5.08. The number of rotatable bonds is 7. The molecule has 0 bridgehead atoms. The average Bonchev–Trinajstić information content (AvgIpc) is 2.36. The Balaban J connectivity index is 2.45. The number of hydrogen-bond donors (Lipinski definition) is 0. The standard InChI is InChI=1S/C15H25NO/c1-5-13(2)15-8-6-14(7-9-15)10-11-16(3)12-17-4/h6-9,13H,5,10-12H2,1-4H3. The zero-order valence-corrected chi connectivity index (χ0v) is 11.6.